The SMILES string of the molecule is c1ccc(-c2ccc(N(c3ccc4c(ccc5ccc6ccccc6c54)c3)c3cccc4oc5ccccc5c34)cc2)cc1. The summed E-state index contributed by atoms with van der Waals surface area (Å²) < 4.78 is 6.32. The molecule has 0 saturated heterocycles. The van der Waals surface area contributed by atoms with Gasteiger partial charge in [0.05, 0.1) is 11.1 Å². The maximum Gasteiger partial charge on any atom is 0.137 e. The largest absolute Gasteiger partial charge is 0.456 e. The Balaban J connectivity index is 1.29. The fourth-order valence-electron chi connectivity index (χ4n) is 6.77. The number of hydrogen-bond donors (Lipinski definition) is 0. The minimum atomic E-state index is 0.882. The molecule has 0 atom stereocenters. The highest BCUT2D eigenvalue weighted by molar-refractivity contribution is 6.21. The minimum absolute atomic E-state index is 0.882. The highest BCUT2D eigenvalue weighted by Gasteiger charge is 2.20. The Bertz CT molecular complexity index is 2490. The van der Waals surface area contributed by atoms with Gasteiger partial charge in [-0.25, -0.2) is 0 Å². The number of hydrogen-bond acceptors (Lipinski definition) is 2. The van der Waals surface area contributed by atoms with Gasteiger partial charge >= 0.3 is 0 Å². The summed E-state index contributed by atoms with van der Waals surface area (Å²) in [6.07, 6.45) is 0. The third-order valence-corrected chi connectivity index (χ3v) is 8.82. The van der Waals surface area contributed by atoms with Crippen molar-refractivity contribution < 1.29 is 4.42 Å². The van der Waals surface area contributed by atoms with Crippen LogP contribution in [-0.4, -0.2) is 0 Å². The van der Waals surface area contributed by atoms with Gasteiger partial charge in [0.15, 0.2) is 0 Å². The zero-order chi connectivity index (χ0) is 29.0. The molecule has 0 radical (unpaired) electrons. The molecule has 44 heavy (non-hydrogen) atoms. The smallest absolute Gasteiger partial charge is 0.137 e. The Labute approximate surface area is 255 Å². The number of anilines is 3. The van der Waals surface area contributed by atoms with Crippen molar-refractivity contribution in [3.63, 3.8) is 0 Å². The van der Waals surface area contributed by atoms with Crippen LogP contribution < -0.4 is 4.90 Å². The normalized spacial score (nSPS) is 11.6. The van der Waals surface area contributed by atoms with Crippen LogP contribution in [0.3, 0.4) is 0 Å². The first-order valence-corrected chi connectivity index (χ1v) is 15.0. The van der Waals surface area contributed by atoms with Crippen molar-refractivity contribution in [1.29, 1.82) is 0 Å². The van der Waals surface area contributed by atoms with Gasteiger partial charge in [-0.05, 0) is 85.9 Å². The summed E-state index contributed by atoms with van der Waals surface area (Å²) in [4.78, 5) is 2.37. The summed E-state index contributed by atoms with van der Waals surface area (Å²) in [6.45, 7) is 0. The second-order valence-electron chi connectivity index (χ2n) is 11.4. The fraction of sp³-hybridized carbons (Fsp3) is 0. The predicted octanol–water partition coefficient (Wildman–Crippen LogP) is 12.2. The monoisotopic (exact) mass is 561 g/mol. The molecule has 0 fully saturated rings. The van der Waals surface area contributed by atoms with Gasteiger partial charge in [0.25, 0.3) is 0 Å². The Morgan fingerprint density at radius 2 is 1.00 bits per heavy atom. The first-order valence-electron chi connectivity index (χ1n) is 15.0. The van der Waals surface area contributed by atoms with Crippen LogP contribution in [0.4, 0.5) is 17.1 Å². The van der Waals surface area contributed by atoms with Crippen molar-refractivity contribution in [2.75, 3.05) is 4.90 Å². The van der Waals surface area contributed by atoms with E-state index in [9.17, 15) is 0 Å². The molecule has 9 rings (SSSR count). The lowest BCUT2D eigenvalue weighted by Crippen LogP contribution is -2.10. The molecule has 0 aliphatic carbocycles. The van der Waals surface area contributed by atoms with E-state index in [0.29, 0.717) is 0 Å². The average Bonchev–Trinajstić information content (AvgIpc) is 3.48. The summed E-state index contributed by atoms with van der Waals surface area (Å²) in [5, 5.41) is 9.79. The molecule has 0 spiro atoms. The van der Waals surface area contributed by atoms with E-state index in [1.165, 1.54) is 43.4 Å². The molecule has 1 heterocycles. The van der Waals surface area contributed by atoms with Gasteiger partial charge in [-0.15, -0.1) is 0 Å². The Hall–Kier alpha value is -5.86. The third kappa shape index (κ3) is 3.89. The standard InChI is InChI=1S/C42H27NO/c1-2-9-28(10-3-1)29-21-23-33(24-22-29)43(38-14-8-16-40-42(38)37-13-6-7-15-39(37)44-40)34-25-26-36-32(27-34)20-19-31-18-17-30-11-4-5-12-35(30)41(31)36/h1-27H. The van der Waals surface area contributed by atoms with Crippen molar-refractivity contribution >= 4 is 71.3 Å². The van der Waals surface area contributed by atoms with Gasteiger partial charge in [-0.2, -0.15) is 0 Å². The molecule has 0 bridgehead atoms. The highest BCUT2D eigenvalue weighted by atomic mass is 16.3. The molecule has 0 N–H and O–H groups in total. The van der Waals surface area contributed by atoms with E-state index in [-0.39, 0.29) is 0 Å². The summed E-state index contributed by atoms with van der Waals surface area (Å²) >= 11 is 0. The zero-order valence-corrected chi connectivity index (χ0v) is 23.9. The van der Waals surface area contributed by atoms with E-state index in [1.54, 1.807) is 0 Å². The molecule has 8 aromatic carbocycles. The van der Waals surface area contributed by atoms with Crippen LogP contribution in [0.5, 0.6) is 0 Å². The topological polar surface area (TPSA) is 16.4 Å². The lowest BCUT2D eigenvalue weighted by Gasteiger charge is -2.27. The van der Waals surface area contributed by atoms with E-state index in [4.69, 9.17) is 4.42 Å². The van der Waals surface area contributed by atoms with E-state index < -0.39 is 0 Å². The Morgan fingerprint density at radius 3 is 1.86 bits per heavy atom. The lowest BCUT2D eigenvalue weighted by atomic mass is 9.96. The van der Waals surface area contributed by atoms with Crippen molar-refractivity contribution in [2.24, 2.45) is 0 Å². The molecule has 9 aromatic rings. The van der Waals surface area contributed by atoms with E-state index in [1.807, 2.05) is 12.1 Å². The van der Waals surface area contributed by atoms with Crippen LogP contribution in [-0.2, 0) is 0 Å². The van der Waals surface area contributed by atoms with Crippen molar-refractivity contribution in [2.45, 2.75) is 0 Å². The molecule has 0 saturated carbocycles. The number of rotatable bonds is 4. The Morgan fingerprint density at radius 1 is 0.364 bits per heavy atom. The summed E-state index contributed by atoms with van der Waals surface area (Å²) in [6, 6.07) is 58.6. The average molecular weight is 562 g/mol. The molecule has 2 nitrogen and oxygen atoms in total. The fourth-order valence-corrected chi connectivity index (χ4v) is 6.77. The van der Waals surface area contributed by atoms with Crippen LogP contribution in [0, 0.1) is 0 Å². The van der Waals surface area contributed by atoms with Gasteiger partial charge in [0, 0.05) is 16.8 Å². The van der Waals surface area contributed by atoms with Gasteiger partial charge in [0.2, 0.25) is 0 Å². The van der Waals surface area contributed by atoms with E-state index >= 15 is 0 Å². The highest BCUT2D eigenvalue weighted by Crippen LogP contribution is 2.44. The quantitative estimate of drug-likeness (QED) is 0.199. The van der Waals surface area contributed by atoms with Crippen LogP contribution >= 0.6 is 0 Å². The number of nitrogens with zero attached hydrogens (tertiary/aromatic N) is 1. The first kappa shape index (κ1) is 24.7. The second-order valence-corrected chi connectivity index (χ2v) is 11.4. The number of benzene rings is 8. The van der Waals surface area contributed by atoms with Crippen molar-refractivity contribution in [3.8, 4) is 11.1 Å². The van der Waals surface area contributed by atoms with Gasteiger partial charge in [0.1, 0.15) is 11.2 Å². The molecule has 206 valence electrons. The van der Waals surface area contributed by atoms with E-state index in [2.05, 4.69) is 157 Å². The third-order valence-electron chi connectivity index (χ3n) is 8.82. The van der Waals surface area contributed by atoms with Crippen LogP contribution in [0.2, 0.25) is 0 Å². The summed E-state index contributed by atoms with van der Waals surface area (Å²) in [5.74, 6) is 0. The second kappa shape index (κ2) is 9.86. The molecule has 0 unspecified atom stereocenters. The maximum atomic E-state index is 6.32. The van der Waals surface area contributed by atoms with Crippen LogP contribution in [0.25, 0.3) is 65.4 Å². The first-order chi connectivity index (χ1) is 21.8. The number of fused-ring (bicyclic) bond motifs is 8. The number of furan rings is 1. The molecule has 2 heteroatoms. The summed E-state index contributed by atoms with van der Waals surface area (Å²) in [7, 11) is 0. The van der Waals surface area contributed by atoms with Gasteiger partial charge in [-0.3, -0.25) is 0 Å². The Kier molecular flexibility index (Phi) is 5.54. The molecule has 0 aliphatic rings. The van der Waals surface area contributed by atoms with Crippen LogP contribution in [0.15, 0.2) is 168 Å². The van der Waals surface area contributed by atoms with Crippen molar-refractivity contribution in [3.05, 3.63) is 164 Å². The minimum Gasteiger partial charge on any atom is -0.456 e. The molecular weight excluding hydrogens is 534 g/mol. The van der Waals surface area contributed by atoms with E-state index in [0.717, 1.165) is 39.0 Å². The summed E-state index contributed by atoms with van der Waals surface area (Å²) in [5.41, 5.74) is 7.45. The zero-order valence-electron chi connectivity index (χ0n) is 23.9. The lowest BCUT2D eigenvalue weighted by molar-refractivity contribution is 0.669. The van der Waals surface area contributed by atoms with Crippen molar-refractivity contribution in [1.82, 2.24) is 0 Å². The molecular formula is C42H27NO. The molecule has 0 amide bonds. The van der Waals surface area contributed by atoms with Crippen LogP contribution in [0.1, 0.15) is 0 Å². The molecule has 1 aromatic heterocycles. The predicted molar refractivity (Wildman–Crippen MR) is 186 cm³/mol. The number of para-hydroxylation sites is 1. The van der Waals surface area contributed by atoms with Gasteiger partial charge in [-0.1, -0.05) is 121 Å². The van der Waals surface area contributed by atoms with Gasteiger partial charge < -0.3 is 9.32 Å². The molecule has 0 aliphatic heterocycles. The maximum absolute atomic E-state index is 6.32.